The van der Waals surface area contributed by atoms with E-state index in [1.54, 1.807) is 29.7 Å². The average molecular weight is 293 g/mol. The molecule has 0 aliphatic carbocycles. The molecule has 0 bridgehead atoms. The Labute approximate surface area is 120 Å². The summed E-state index contributed by atoms with van der Waals surface area (Å²) >= 11 is 6.71. The second kappa shape index (κ2) is 6.40. The first-order chi connectivity index (χ1) is 9.13. The fraction of sp³-hybridized carbons (Fsp3) is 0.0769. The highest BCUT2D eigenvalue weighted by Gasteiger charge is 1.97. The lowest BCUT2D eigenvalue weighted by Crippen LogP contribution is -2.23. The first-order valence-electron chi connectivity index (χ1n) is 5.55. The van der Waals surface area contributed by atoms with Gasteiger partial charge in [-0.05, 0) is 55.5 Å². The van der Waals surface area contributed by atoms with E-state index in [1.165, 1.54) is 17.0 Å². The van der Waals surface area contributed by atoms with E-state index in [4.69, 9.17) is 12.2 Å². The number of nitrogens with zero attached hydrogens (tertiary/aromatic N) is 1. The van der Waals surface area contributed by atoms with Gasteiger partial charge < -0.3 is 5.32 Å². The predicted molar refractivity (Wildman–Crippen MR) is 82.4 cm³/mol. The zero-order chi connectivity index (χ0) is 13.7. The number of benzene rings is 1. The molecule has 0 amide bonds. The molecule has 0 unspecified atom stereocenters. The van der Waals surface area contributed by atoms with E-state index in [-0.39, 0.29) is 5.82 Å². The molecule has 6 heteroatoms. The first-order valence-corrected chi connectivity index (χ1v) is 6.78. The van der Waals surface area contributed by atoms with Crippen molar-refractivity contribution in [1.82, 2.24) is 5.43 Å². The van der Waals surface area contributed by atoms with Crippen LogP contribution in [0.2, 0.25) is 0 Å². The summed E-state index contributed by atoms with van der Waals surface area (Å²) in [6, 6.07) is 9.96. The highest BCUT2D eigenvalue weighted by molar-refractivity contribution is 7.80. The van der Waals surface area contributed by atoms with Gasteiger partial charge in [0.2, 0.25) is 0 Å². The van der Waals surface area contributed by atoms with Gasteiger partial charge in [-0.3, -0.25) is 5.43 Å². The van der Waals surface area contributed by atoms with Crippen molar-refractivity contribution < 1.29 is 4.39 Å². The number of halogens is 1. The van der Waals surface area contributed by atoms with E-state index < -0.39 is 0 Å². The molecule has 0 aliphatic rings. The van der Waals surface area contributed by atoms with Crippen molar-refractivity contribution in [2.45, 2.75) is 6.92 Å². The summed E-state index contributed by atoms with van der Waals surface area (Å²) in [5.74, 6) is -0.282. The van der Waals surface area contributed by atoms with Gasteiger partial charge in [0.15, 0.2) is 5.11 Å². The predicted octanol–water partition coefficient (Wildman–Crippen LogP) is 3.52. The minimum Gasteiger partial charge on any atom is -0.331 e. The summed E-state index contributed by atoms with van der Waals surface area (Å²) in [7, 11) is 0. The number of hydrogen-bond donors (Lipinski definition) is 2. The minimum absolute atomic E-state index is 0.282. The monoisotopic (exact) mass is 293 g/mol. The molecule has 1 aromatic carbocycles. The quantitative estimate of drug-likeness (QED) is 0.516. The van der Waals surface area contributed by atoms with E-state index in [1.807, 2.05) is 19.1 Å². The van der Waals surface area contributed by atoms with Crippen LogP contribution in [0.1, 0.15) is 9.75 Å². The standard InChI is InChI=1S/C13H12FN3S2/c1-9-2-7-12(19-9)8-15-17-13(18)16-11-5-3-10(14)4-6-11/h2-8H,1H3,(H2,16,17,18)/b15-8-. The first kappa shape index (κ1) is 13.6. The normalized spacial score (nSPS) is 10.6. The van der Waals surface area contributed by atoms with E-state index in [2.05, 4.69) is 15.8 Å². The summed E-state index contributed by atoms with van der Waals surface area (Å²) in [6.07, 6.45) is 1.70. The number of thiocarbonyl (C=S) groups is 1. The maximum absolute atomic E-state index is 12.7. The largest absolute Gasteiger partial charge is 0.331 e. The maximum atomic E-state index is 12.7. The number of aryl methyl sites for hydroxylation is 1. The van der Waals surface area contributed by atoms with Crippen LogP contribution in [0.5, 0.6) is 0 Å². The summed E-state index contributed by atoms with van der Waals surface area (Å²) in [5.41, 5.74) is 3.42. The van der Waals surface area contributed by atoms with Gasteiger partial charge in [0.25, 0.3) is 0 Å². The number of hydrogen-bond acceptors (Lipinski definition) is 3. The summed E-state index contributed by atoms with van der Waals surface area (Å²) in [5, 5.41) is 7.29. The van der Waals surface area contributed by atoms with Gasteiger partial charge in [0.1, 0.15) is 5.82 Å². The molecule has 0 saturated heterocycles. The van der Waals surface area contributed by atoms with E-state index >= 15 is 0 Å². The van der Waals surface area contributed by atoms with E-state index in [9.17, 15) is 4.39 Å². The van der Waals surface area contributed by atoms with Crippen LogP contribution in [0.3, 0.4) is 0 Å². The van der Waals surface area contributed by atoms with Crippen LogP contribution in [-0.4, -0.2) is 11.3 Å². The fourth-order valence-electron chi connectivity index (χ4n) is 1.37. The Bertz CT molecular complexity index is 590. The lowest BCUT2D eigenvalue weighted by Gasteiger charge is -2.06. The molecule has 0 saturated carbocycles. The van der Waals surface area contributed by atoms with Gasteiger partial charge in [0, 0.05) is 15.4 Å². The Kier molecular flexibility index (Phi) is 4.59. The third-order valence-electron chi connectivity index (χ3n) is 2.22. The lowest BCUT2D eigenvalue weighted by atomic mass is 10.3. The molecule has 0 spiro atoms. The number of thiophene rings is 1. The number of nitrogens with one attached hydrogen (secondary N) is 2. The molecule has 2 N–H and O–H groups in total. The third kappa shape index (κ3) is 4.42. The minimum atomic E-state index is -0.282. The molecule has 0 fully saturated rings. The molecule has 2 rings (SSSR count). The van der Waals surface area contributed by atoms with Gasteiger partial charge in [0.05, 0.1) is 6.21 Å². The van der Waals surface area contributed by atoms with Crippen molar-refractivity contribution in [2.24, 2.45) is 5.10 Å². The van der Waals surface area contributed by atoms with Gasteiger partial charge in [-0.2, -0.15) is 5.10 Å². The molecule has 0 radical (unpaired) electrons. The highest BCUT2D eigenvalue weighted by Crippen LogP contribution is 2.12. The number of rotatable bonds is 3. The van der Waals surface area contributed by atoms with E-state index in [0.29, 0.717) is 10.8 Å². The van der Waals surface area contributed by atoms with Crippen molar-refractivity contribution in [3.8, 4) is 0 Å². The Hall–Kier alpha value is -1.79. The zero-order valence-corrected chi connectivity index (χ0v) is 11.8. The number of hydrazone groups is 1. The Morgan fingerprint density at radius 3 is 2.63 bits per heavy atom. The fourth-order valence-corrected chi connectivity index (χ4v) is 2.29. The van der Waals surface area contributed by atoms with Crippen molar-refractivity contribution in [1.29, 1.82) is 0 Å². The summed E-state index contributed by atoms with van der Waals surface area (Å²) in [6.45, 7) is 2.04. The third-order valence-corrected chi connectivity index (χ3v) is 3.35. The molecular weight excluding hydrogens is 281 g/mol. The second-order valence-electron chi connectivity index (χ2n) is 3.78. The van der Waals surface area contributed by atoms with Crippen molar-refractivity contribution in [2.75, 3.05) is 5.32 Å². The maximum Gasteiger partial charge on any atom is 0.191 e. The highest BCUT2D eigenvalue weighted by atomic mass is 32.1. The topological polar surface area (TPSA) is 36.4 Å². The zero-order valence-electron chi connectivity index (χ0n) is 10.2. The van der Waals surface area contributed by atoms with Crippen LogP contribution in [0.25, 0.3) is 0 Å². The lowest BCUT2D eigenvalue weighted by molar-refractivity contribution is 0.628. The van der Waals surface area contributed by atoms with Gasteiger partial charge in [-0.15, -0.1) is 11.3 Å². The Morgan fingerprint density at radius 2 is 2.00 bits per heavy atom. The molecule has 98 valence electrons. The molecular formula is C13H12FN3S2. The molecule has 1 aromatic heterocycles. The SMILES string of the molecule is Cc1ccc(/C=N\NC(=S)Nc2ccc(F)cc2)s1. The Balaban J connectivity index is 1.84. The van der Waals surface area contributed by atoms with Crippen LogP contribution in [-0.2, 0) is 0 Å². The van der Waals surface area contributed by atoms with Gasteiger partial charge in [-0.25, -0.2) is 4.39 Å². The van der Waals surface area contributed by atoms with Crippen LogP contribution in [0.15, 0.2) is 41.5 Å². The molecule has 0 atom stereocenters. The molecule has 1 heterocycles. The molecule has 19 heavy (non-hydrogen) atoms. The second-order valence-corrected chi connectivity index (χ2v) is 5.51. The van der Waals surface area contributed by atoms with Crippen molar-refractivity contribution in [3.05, 3.63) is 52.0 Å². The van der Waals surface area contributed by atoms with Crippen molar-refractivity contribution >= 4 is 40.6 Å². The van der Waals surface area contributed by atoms with Gasteiger partial charge >= 0.3 is 0 Å². The van der Waals surface area contributed by atoms with Crippen LogP contribution in [0.4, 0.5) is 10.1 Å². The van der Waals surface area contributed by atoms with Crippen LogP contribution >= 0.6 is 23.6 Å². The smallest absolute Gasteiger partial charge is 0.191 e. The van der Waals surface area contributed by atoms with Crippen LogP contribution < -0.4 is 10.7 Å². The number of anilines is 1. The summed E-state index contributed by atoms with van der Waals surface area (Å²) in [4.78, 5) is 2.28. The molecule has 0 aliphatic heterocycles. The van der Waals surface area contributed by atoms with Crippen LogP contribution in [0, 0.1) is 12.7 Å². The average Bonchev–Trinajstić information content (AvgIpc) is 2.78. The molecule has 2 aromatic rings. The van der Waals surface area contributed by atoms with Crippen molar-refractivity contribution in [3.63, 3.8) is 0 Å². The Morgan fingerprint density at radius 1 is 1.26 bits per heavy atom. The molecule has 3 nitrogen and oxygen atoms in total. The summed E-state index contributed by atoms with van der Waals surface area (Å²) < 4.78 is 12.7. The van der Waals surface area contributed by atoms with E-state index in [0.717, 1.165) is 4.88 Å². The van der Waals surface area contributed by atoms with Gasteiger partial charge in [-0.1, -0.05) is 0 Å².